The van der Waals surface area contributed by atoms with Crippen LogP contribution in [-0.2, 0) is 7.05 Å². The van der Waals surface area contributed by atoms with Crippen molar-refractivity contribution >= 4 is 27.5 Å². The van der Waals surface area contributed by atoms with E-state index in [9.17, 15) is 4.79 Å². The third-order valence-electron chi connectivity index (χ3n) is 7.43. The molecule has 0 atom stereocenters. The van der Waals surface area contributed by atoms with Gasteiger partial charge in [0.1, 0.15) is 0 Å². The maximum Gasteiger partial charge on any atom is 0.258 e. The number of anilines is 1. The van der Waals surface area contributed by atoms with Crippen molar-refractivity contribution in [2.24, 2.45) is 7.05 Å². The summed E-state index contributed by atoms with van der Waals surface area (Å²) in [6.07, 6.45) is 3.78. The molecule has 0 aliphatic carbocycles. The van der Waals surface area contributed by atoms with Crippen molar-refractivity contribution in [3.63, 3.8) is 0 Å². The Bertz CT molecular complexity index is 1650. The molecule has 7 heteroatoms. The summed E-state index contributed by atoms with van der Waals surface area (Å²) in [7, 11) is 3.96. The van der Waals surface area contributed by atoms with Crippen LogP contribution in [-0.4, -0.2) is 57.9 Å². The molecule has 2 aromatic carbocycles. The minimum absolute atomic E-state index is 0.0110. The minimum Gasteiger partial charge on any atom is -0.369 e. The molecule has 7 nitrogen and oxygen atoms in total. The Hall–Kier alpha value is -3.97. The highest BCUT2D eigenvalue weighted by Crippen LogP contribution is 2.34. The number of H-pyrrole nitrogens is 1. The molecular weight excluding hydrogens is 448 g/mol. The third kappa shape index (κ3) is 3.76. The SMILES string of the molecule is Cc1cc(-c2cc3c(-c4ccc5c(=O)n(C)ccc5c4)c[nH]c3nn2)cc(C)c1N1CCN(C)CC1. The van der Waals surface area contributed by atoms with Gasteiger partial charge in [-0.25, -0.2) is 0 Å². The van der Waals surface area contributed by atoms with Gasteiger partial charge in [-0.1, -0.05) is 6.07 Å². The number of aryl methyl sites for hydroxylation is 3. The number of pyridine rings is 1. The molecule has 1 aliphatic heterocycles. The van der Waals surface area contributed by atoms with Crippen LogP contribution in [0.1, 0.15) is 11.1 Å². The highest BCUT2D eigenvalue weighted by Gasteiger charge is 2.19. The van der Waals surface area contributed by atoms with Gasteiger partial charge in [0.15, 0.2) is 5.65 Å². The summed E-state index contributed by atoms with van der Waals surface area (Å²) < 4.78 is 1.61. The van der Waals surface area contributed by atoms with Gasteiger partial charge in [0, 0.05) is 73.2 Å². The number of nitrogens with one attached hydrogen (secondary N) is 1. The Morgan fingerprint density at radius 2 is 1.58 bits per heavy atom. The topological polar surface area (TPSA) is 70.0 Å². The van der Waals surface area contributed by atoms with Crippen LogP contribution in [0.2, 0.25) is 0 Å². The summed E-state index contributed by atoms with van der Waals surface area (Å²) in [5.41, 5.74) is 8.65. The lowest BCUT2D eigenvalue weighted by Crippen LogP contribution is -2.45. The largest absolute Gasteiger partial charge is 0.369 e. The Kier molecular flexibility index (Phi) is 5.38. The summed E-state index contributed by atoms with van der Waals surface area (Å²) in [5.74, 6) is 0. The molecule has 36 heavy (non-hydrogen) atoms. The van der Waals surface area contributed by atoms with E-state index >= 15 is 0 Å². The van der Waals surface area contributed by atoms with E-state index in [0.29, 0.717) is 0 Å². The van der Waals surface area contributed by atoms with Crippen molar-refractivity contribution in [2.45, 2.75) is 13.8 Å². The molecule has 1 saturated heterocycles. The highest BCUT2D eigenvalue weighted by atomic mass is 16.1. The molecule has 5 aromatic rings. The highest BCUT2D eigenvalue weighted by molar-refractivity contribution is 5.97. The van der Waals surface area contributed by atoms with E-state index in [1.807, 2.05) is 30.6 Å². The fourth-order valence-electron chi connectivity index (χ4n) is 5.45. The van der Waals surface area contributed by atoms with Crippen molar-refractivity contribution in [1.82, 2.24) is 24.6 Å². The monoisotopic (exact) mass is 478 g/mol. The summed E-state index contributed by atoms with van der Waals surface area (Å²) >= 11 is 0. The van der Waals surface area contributed by atoms with Gasteiger partial charge in [-0.3, -0.25) is 4.79 Å². The van der Waals surface area contributed by atoms with Gasteiger partial charge in [-0.2, -0.15) is 0 Å². The van der Waals surface area contributed by atoms with Crippen LogP contribution in [0.4, 0.5) is 5.69 Å². The van der Waals surface area contributed by atoms with E-state index in [1.54, 1.807) is 11.6 Å². The van der Waals surface area contributed by atoms with E-state index in [0.717, 1.165) is 70.4 Å². The summed E-state index contributed by atoms with van der Waals surface area (Å²) in [4.78, 5) is 20.6. The van der Waals surface area contributed by atoms with Crippen molar-refractivity contribution < 1.29 is 0 Å². The fourth-order valence-corrected chi connectivity index (χ4v) is 5.45. The van der Waals surface area contributed by atoms with Gasteiger partial charge in [0.2, 0.25) is 0 Å². The van der Waals surface area contributed by atoms with Crippen molar-refractivity contribution in [3.05, 3.63) is 76.3 Å². The Morgan fingerprint density at radius 1 is 0.833 bits per heavy atom. The lowest BCUT2D eigenvalue weighted by molar-refractivity contribution is 0.312. The number of rotatable bonds is 3. The Balaban J connectivity index is 1.40. The van der Waals surface area contributed by atoms with E-state index in [-0.39, 0.29) is 5.56 Å². The second-order valence-corrected chi connectivity index (χ2v) is 9.98. The molecule has 1 N–H and O–H groups in total. The first-order valence-electron chi connectivity index (χ1n) is 12.4. The van der Waals surface area contributed by atoms with Crippen LogP contribution < -0.4 is 10.5 Å². The first kappa shape index (κ1) is 22.5. The molecule has 1 fully saturated rings. The number of fused-ring (bicyclic) bond motifs is 2. The molecule has 1 aliphatic rings. The lowest BCUT2D eigenvalue weighted by Gasteiger charge is -2.36. The average molecular weight is 479 g/mol. The summed E-state index contributed by atoms with van der Waals surface area (Å²) in [6.45, 7) is 8.65. The minimum atomic E-state index is 0.0110. The maximum absolute atomic E-state index is 12.5. The zero-order chi connectivity index (χ0) is 25.0. The molecule has 0 saturated carbocycles. The number of benzene rings is 2. The molecule has 0 bridgehead atoms. The third-order valence-corrected chi connectivity index (χ3v) is 7.43. The average Bonchev–Trinajstić information content (AvgIpc) is 3.30. The molecule has 0 amide bonds. The predicted molar refractivity (Wildman–Crippen MR) is 147 cm³/mol. The first-order valence-corrected chi connectivity index (χ1v) is 12.4. The fraction of sp³-hybridized carbons (Fsp3) is 0.276. The second-order valence-electron chi connectivity index (χ2n) is 9.98. The van der Waals surface area contributed by atoms with Crippen molar-refractivity contribution in [2.75, 3.05) is 38.1 Å². The van der Waals surface area contributed by atoms with E-state index in [1.165, 1.54) is 16.8 Å². The zero-order valence-corrected chi connectivity index (χ0v) is 21.2. The van der Waals surface area contributed by atoms with Gasteiger partial charge in [0.25, 0.3) is 5.56 Å². The molecule has 0 radical (unpaired) electrons. The zero-order valence-electron chi connectivity index (χ0n) is 21.2. The van der Waals surface area contributed by atoms with Crippen LogP contribution >= 0.6 is 0 Å². The van der Waals surface area contributed by atoms with Crippen LogP contribution in [0.25, 0.3) is 44.2 Å². The van der Waals surface area contributed by atoms with Crippen LogP contribution in [0.15, 0.2) is 59.7 Å². The summed E-state index contributed by atoms with van der Waals surface area (Å²) in [6, 6.07) is 14.5. The van der Waals surface area contributed by atoms with Crippen molar-refractivity contribution in [1.29, 1.82) is 0 Å². The Morgan fingerprint density at radius 3 is 2.33 bits per heavy atom. The number of nitrogens with zero attached hydrogens (tertiary/aromatic N) is 5. The normalized spacial score (nSPS) is 14.7. The smallest absolute Gasteiger partial charge is 0.258 e. The van der Waals surface area contributed by atoms with Crippen LogP contribution in [0, 0.1) is 13.8 Å². The standard InChI is InChI=1S/C29H30N6O/c1-18-13-22(14-19(2)27(18)35-11-9-33(3)10-12-35)26-16-24-25(17-30-28(24)32-31-26)20-5-6-23-21(15-20)7-8-34(4)29(23)36/h5-8,13-17H,9-12H2,1-4H3,(H,30,32). The second kappa shape index (κ2) is 8.60. The molecule has 0 unspecified atom stereocenters. The predicted octanol–water partition coefficient (Wildman–Crippen LogP) is 4.51. The first-order chi connectivity index (χ1) is 17.4. The van der Waals surface area contributed by atoms with Gasteiger partial charge < -0.3 is 19.4 Å². The van der Waals surface area contributed by atoms with E-state index < -0.39 is 0 Å². The Labute approximate surface area is 210 Å². The van der Waals surface area contributed by atoms with Crippen LogP contribution in [0.5, 0.6) is 0 Å². The molecular formula is C29H30N6O. The van der Waals surface area contributed by atoms with Crippen molar-refractivity contribution in [3.8, 4) is 22.4 Å². The lowest BCUT2D eigenvalue weighted by atomic mass is 9.99. The number of likely N-dealkylation sites (N-methyl/N-ethyl adjacent to an activating group) is 1. The molecule has 6 rings (SSSR count). The van der Waals surface area contributed by atoms with E-state index in [2.05, 4.69) is 70.1 Å². The van der Waals surface area contributed by atoms with Gasteiger partial charge in [0.05, 0.1) is 5.69 Å². The van der Waals surface area contributed by atoms with Crippen LogP contribution in [0.3, 0.4) is 0 Å². The number of aromatic nitrogens is 4. The molecule has 182 valence electrons. The van der Waals surface area contributed by atoms with Gasteiger partial charge in [-0.05, 0) is 79.4 Å². The number of piperazine rings is 1. The quantitative estimate of drug-likeness (QED) is 0.413. The maximum atomic E-state index is 12.5. The number of hydrogen-bond acceptors (Lipinski definition) is 5. The molecule has 3 aromatic heterocycles. The number of hydrogen-bond donors (Lipinski definition) is 1. The molecule has 0 spiro atoms. The van der Waals surface area contributed by atoms with E-state index in [4.69, 9.17) is 0 Å². The molecule has 4 heterocycles. The summed E-state index contributed by atoms with van der Waals surface area (Å²) in [5, 5.41) is 11.7. The van der Waals surface area contributed by atoms with Gasteiger partial charge in [-0.15, -0.1) is 10.2 Å². The number of aromatic amines is 1. The van der Waals surface area contributed by atoms with Gasteiger partial charge >= 0.3 is 0 Å².